The Bertz CT molecular complexity index is 1460. The Labute approximate surface area is 208 Å². The normalized spacial score (nSPS) is 21.2. The average Bonchev–Trinajstić information content (AvgIpc) is 3.62. The number of carbonyl (C=O) groups excluding carboxylic acids is 2. The molecule has 36 heavy (non-hydrogen) atoms. The third-order valence-electron chi connectivity index (χ3n) is 7.43. The smallest absolute Gasteiger partial charge is 0.235 e. The molecule has 2 fully saturated rings. The van der Waals surface area contributed by atoms with Gasteiger partial charge in [-0.3, -0.25) is 9.59 Å². The second-order valence-electron chi connectivity index (χ2n) is 10.3. The van der Waals surface area contributed by atoms with E-state index < -0.39 is 5.41 Å². The van der Waals surface area contributed by atoms with Gasteiger partial charge in [-0.2, -0.15) is 5.10 Å². The Morgan fingerprint density at radius 2 is 1.69 bits per heavy atom. The Balaban J connectivity index is 1.43. The van der Waals surface area contributed by atoms with Crippen LogP contribution >= 0.6 is 0 Å². The van der Waals surface area contributed by atoms with Crippen molar-refractivity contribution in [2.24, 2.45) is 11.3 Å². The standard InChI is InChI=1S/C29H27FN4O2/c1-29(2)26(32-27(35)19-8-9-19)25(18-6-4-3-5-7-18)33(28(29)36)23-14-15-24-20(16-23)17-31-34(24)22-12-10-21(30)11-13-22/h3-7,10-17,19,25-26H,8-9H2,1-2H3,(H,32,35)/t25-,26-/m1/s1. The molecule has 0 bridgehead atoms. The van der Waals surface area contributed by atoms with Crippen molar-refractivity contribution in [3.8, 4) is 5.69 Å². The molecule has 2 amide bonds. The number of hydrogen-bond donors (Lipinski definition) is 1. The van der Waals surface area contributed by atoms with Crippen LogP contribution < -0.4 is 10.2 Å². The lowest BCUT2D eigenvalue weighted by Crippen LogP contribution is -2.46. The van der Waals surface area contributed by atoms with Gasteiger partial charge < -0.3 is 10.2 Å². The van der Waals surface area contributed by atoms with Gasteiger partial charge in [0.1, 0.15) is 5.82 Å². The van der Waals surface area contributed by atoms with Gasteiger partial charge >= 0.3 is 0 Å². The molecule has 0 unspecified atom stereocenters. The first-order chi connectivity index (χ1) is 17.3. The van der Waals surface area contributed by atoms with Crippen LogP contribution in [0.25, 0.3) is 16.6 Å². The van der Waals surface area contributed by atoms with Gasteiger partial charge in [0.05, 0.1) is 34.9 Å². The third kappa shape index (κ3) is 3.66. The van der Waals surface area contributed by atoms with Crippen LogP contribution in [-0.4, -0.2) is 27.6 Å². The summed E-state index contributed by atoms with van der Waals surface area (Å²) < 4.78 is 15.2. The number of amides is 2. The van der Waals surface area contributed by atoms with E-state index in [1.807, 2.05) is 67.3 Å². The summed E-state index contributed by atoms with van der Waals surface area (Å²) in [5, 5.41) is 8.59. The first-order valence-corrected chi connectivity index (χ1v) is 12.3. The molecule has 2 atom stereocenters. The molecule has 1 aliphatic carbocycles. The van der Waals surface area contributed by atoms with Crippen LogP contribution in [0.1, 0.15) is 38.3 Å². The fraction of sp³-hybridized carbons (Fsp3) is 0.276. The molecule has 1 N–H and O–H groups in total. The Kier molecular flexibility index (Phi) is 5.18. The number of benzene rings is 3. The van der Waals surface area contributed by atoms with Gasteiger partial charge in [-0.1, -0.05) is 30.3 Å². The third-order valence-corrected chi connectivity index (χ3v) is 7.43. The lowest BCUT2D eigenvalue weighted by atomic mass is 9.82. The number of aromatic nitrogens is 2. The van der Waals surface area contributed by atoms with Crippen molar-refractivity contribution in [1.82, 2.24) is 15.1 Å². The van der Waals surface area contributed by atoms with Gasteiger partial charge in [0.15, 0.2) is 0 Å². The highest BCUT2D eigenvalue weighted by Crippen LogP contribution is 2.47. The maximum Gasteiger partial charge on any atom is 0.235 e. The minimum absolute atomic E-state index is 0.0275. The van der Waals surface area contributed by atoms with Crippen molar-refractivity contribution in [3.05, 3.63) is 90.4 Å². The number of rotatable bonds is 5. The molecule has 1 aliphatic heterocycles. The van der Waals surface area contributed by atoms with Crippen molar-refractivity contribution in [1.29, 1.82) is 0 Å². The van der Waals surface area contributed by atoms with Crippen LogP contribution in [0.2, 0.25) is 0 Å². The zero-order valence-electron chi connectivity index (χ0n) is 20.2. The van der Waals surface area contributed by atoms with E-state index in [2.05, 4.69) is 10.4 Å². The molecule has 0 spiro atoms. The molecule has 0 radical (unpaired) electrons. The topological polar surface area (TPSA) is 67.2 Å². The molecule has 4 aromatic rings. The second-order valence-corrected chi connectivity index (χ2v) is 10.3. The Hall–Kier alpha value is -4.00. The molecule has 182 valence electrons. The van der Waals surface area contributed by atoms with Gasteiger partial charge in [0, 0.05) is 17.0 Å². The highest BCUT2D eigenvalue weighted by atomic mass is 19.1. The van der Waals surface area contributed by atoms with Crippen molar-refractivity contribution in [2.45, 2.75) is 38.8 Å². The summed E-state index contributed by atoms with van der Waals surface area (Å²) in [6.45, 7) is 3.82. The van der Waals surface area contributed by atoms with Crippen LogP contribution in [0.3, 0.4) is 0 Å². The number of hydrogen-bond acceptors (Lipinski definition) is 3. The lowest BCUT2D eigenvalue weighted by molar-refractivity contribution is -0.126. The average molecular weight is 483 g/mol. The molecule has 2 heterocycles. The molecule has 2 aliphatic rings. The highest BCUT2D eigenvalue weighted by Gasteiger charge is 2.55. The molecular weight excluding hydrogens is 455 g/mol. The monoisotopic (exact) mass is 482 g/mol. The van der Waals surface area contributed by atoms with Crippen LogP contribution in [0.4, 0.5) is 10.1 Å². The van der Waals surface area contributed by atoms with Gasteiger partial charge in [-0.15, -0.1) is 0 Å². The van der Waals surface area contributed by atoms with Gasteiger partial charge in [0.2, 0.25) is 11.8 Å². The maximum absolute atomic E-state index is 13.9. The number of nitrogens with zero attached hydrogens (tertiary/aromatic N) is 3. The fourth-order valence-corrected chi connectivity index (χ4v) is 5.22. The maximum atomic E-state index is 13.9. The highest BCUT2D eigenvalue weighted by molar-refractivity contribution is 6.03. The van der Waals surface area contributed by atoms with Crippen LogP contribution in [0.15, 0.2) is 79.0 Å². The van der Waals surface area contributed by atoms with E-state index in [-0.39, 0.29) is 35.6 Å². The van der Waals surface area contributed by atoms with E-state index in [1.165, 1.54) is 12.1 Å². The van der Waals surface area contributed by atoms with Gasteiger partial charge in [-0.25, -0.2) is 9.07 Å². The van der Waals surface area contributed by atoms with E-state index in [4.69, 9.17) is 0 Å². The summed E-state index contributed by atoms with van der Waals surface area (Å²) >= 11 is 0. The predicted molar refractivity (Wildman–Crippen MR) is 136 cm³/mol. The molecule has 6 rings (SSSR count). The largest absolute Gasteiger partial charge is 0.350 e. The van der Waals surface area contributed by atoms with Crippen molar-refractivity contribution < 1.29 is 14.0 Å². The molecular formula is C29H27FN4O2. The summed E-state index contributed by atoms with van der Waals surface area (Å²) in [6.07, 6.45) is 3.56. The van der Waals surface area contributed by atoms with E-state index in [0.717, 1.165) is 40.7 Å². The second kappa shape index (κ2) is 8.29. The summed E-state index contributed by atoms with van der Waals surface area (Å²) in [6, 6.07) is 21.1. The van der Waals surface area contributed by atoms with Crippen molar-refractivity contribution in [2.75, 3.05) is 4.90 Å². The quantitative estimate of drug-likeness (QED) is 0.427. The van der Waals surface area contributed by atoms with Crippen LogP contribution in [0.5, 0.6) is 0 Å². The van der Waals surface area contributed by atoms with Crippen LogP contribution in [-0.2, 0) is 9.59 Å². The summed E-state index contributed by atoms with van der Waals surface area (Å²) in [5.74, 6) is -0.264. The minimum Gasteiger partial charge on any atom is -0.350 e. The number of nitrogens with one attached hydrogen (secondary N) is 1. The number of halogens is 1. The van der Waals surface area contributed by atoms with E-state index in [9.17, 15) is 14.0 Å². The van der Waals surface area contributed by atoms with Crippen molar-refractivity contribution in [3.63, 3.8) is 0 Å². The summed E-state index contributed by atoms with van der Waals surface area (Å²) in [7, 11) is 0. The molecule has 3 aromatic carbocycles. The van der Waals surface area contributed by atoms with Crippen LogP contribution in [0, 0.1) is 17.2 Å². The van der Waals surface area contributed by atoms with Crippen molar-refractivity contribution >= 4 is 28.4 Å². The van der Waals surface area contributed by atoms with E-state index in [1.54, 1.807) is 23.0 Å². The minimum atomic E-state index is -0.793. The summed E-state index contributed by atoms with van der Waals surface area (Å²) in [4.78, 5) is 28.6. The van der Waals surface area contributed by atoms with Gasteiger partial charge in [0.25, 0.3) is 0 Å². The molecule has 1 aromatic heterocycles. The van der Waals surface area contributed by atoms with Gasteiger partial charge in [-0.05, 0) is 74.7 Å². The SMILES string of the molecule is CC1(C)C(=O)N(c2ccc3c(cnn3-c3ccc(F)cc3)c2)[C@H](c2ccccc2)[C@H]1NC(=O)C1CC1. The zero-order valence-corrected chi connectivity index (χ0v) is 20.2. The molecule has 1 saturated heterocycles. The molecule has 6 nitrogen and oxygen atoms in total. The number of fused-ring (bicyclic) bond motifs is 1. The number of carbonyl (C=O) groups is 2. The number of anilines is 1. The Morgan fingerprint density at radius 1 is 1.00 bits per heavy atom. The van der Waals surface area contributed by atoms with E-state index in [0.29, 0.717) is 0 Å². The molecule has 7 heteroatoms. The van der Waals surface area contributed by atoms with E-state index >= 15 is 0 Å². The summed E-state index contributed by atoms with van der Waals surface area (Å²) in [5.41, 5.74) is 2.53. The predicted octanol–water partition coefficient (Wildman–Crippen LogP) is 5.17. The zero-order chi connectivity index (χ0) is 25.0. The fourth-order valence-electron chi connectivity index (χ4n) is 5.22. The first kappa shape index (κ1) is 22.5. The first-order valence-electron chi connectivity index (χ1n) is 12.3. The molecule has 1 saturated carbocycles. The lowest BCUT2D eigenvalue weighted by Gasteiger charge is -2.31. The Morgan fingerprint density at radius 3 is 2.39 bits per heavy atom.